The van der Waals surface area contributed by atoms with E-state index in [1.54, 1.807) is 30.3 Å². The third-order valence-electron chi connectivity index (χ3n) is 3.23. The fraction of sp³-hybridized carbons (Fsp3) is 0.143. The van der Waals surface area contributed by atoms with Crippen LogP contribution >= 0.6 is 11.6 Å². The van der Waals surface area contributed by atoms with Gasteiger partial charge in [-0.15, -0.1) is 0 Å². The van der Waals surface area contributed by atoms with Crippen molar-refractivity contribution >= 4 is 11.6 Å². The molecule has 1 atom stereocenters. The van der Waals surface area contributed by atoms with Gasteiger partial charge in [-0.25, -0.2) is 0 Å². The molecular formula is C14H8ClF3. The molecule has 0 aliphatic heterocycles. The van der Waals surface area contributed by atoms with Gasteiger partial charge in [-0.2, -0.15) is 13.2 Å². The molecule has 0 radical (unpaired) electrons. The lowest BCUT2D eigenvalue weighted by Gasteiger charge is -2.17. The summed E-state index contributed by atoms with van der Waals surface area (Å²) in [5, 5.41) is 0.367. The van der Waals surface area contributed by atoms with Crippen LogP contribution in [0.3, 0.4) is 0 Å². The van der Waals surface area contributed by atoms with E-state index >= 15 is 0 Å². The summed E-state index contributed by atoms with van der Waals surface area (Å²) in [6.07, 6.45) is -4.30. The Morgan fingerprint density at radius 2 is 1.56 bits per heavy atom. The smallest absolute Gasteiger partial charge is 0.170 e. The van der Waals surface area contributed by atoms with Crippen LogP contribution in [0.4, 0.5) is 13.2 Å². The highest BCUT2D eigenvalue weighted by Gasteiger charge is 2.47. The number of benzene rings is 2. The van der Waals surface area contributed by atoms with E-state index in [1.165, 1.54) is 12.1 Å². The quantitative estimate of drug-likeness (QED) is 0.630. The second kappa shape index (κ2) is 3.75. The molecule has 0 N–H and O–H groups in total. The van der Waals surface area contributed by atoms with Crippen molar-refractivity contribution in [3.8, 4) is 11.1 Å². The summed E-state index contributed by atoms with van der Waals surface area (Å²) in [6.45, 7) is 0. The minimum absolute atomic E-state index is 0.246. The lowest BCUT2D eigenvalue weighted by atomic mass is 9.96. The molecule has 0 heterocycles. The monoisotopic (exact) mass is 268 g/mol. The Morgan fingerprint density at radius 3 is 2.28 bits per heavy atom. The van der Waals surface area contributed by atoms with E-state index in [1.807, 2.05) is 0 Å². The van der Waals surface area contributed by atoms with Gasteiger partial charge in [0.05, 0.1) is 0 Å². The zero-order valence-corrected chi connectivity index (χ0v) is 9.89. The molecule has 0 saturated carbocycles. The molecule has 0 fully saturated rings. The van der Waals surface area contributed by atoms with E-state index in [2.05, 4.69) is 0 Å². The van der Waals surface area contributed by atoms with Crippen molar-refractivity contribution < 1.29 is 13.2 Å². The summed E-state index contributed by atoms with van der Waals surface area (Å²) in [5.74, 6) is -1.57. The van der Waals surface area contributed by atoms with Crippen molar-refractivity contribution in [2.24, 2.45) is 0 Å². The van der Waals surface area contributed by atoms with Crippen LogP contribution in [0.2, 0.25) is 5.02 Å². The Kier molecular flexibility index (Phi) is 2.42. The van der Waals surface area contributed by atoms with E-state index in [0.717, 1.165) is 0 Å². The number of alkyl halides is 3. The van der Waals surface area contributed by atoms with Gasteiger partial charge in [0.15, 0.2) is 0 Å². The van der Waals surface area contributed by atoms with Crippen molar-refractivity contribution in [3.05, 3.63) is 58.6 Å². The van der Waals surface area contributed by atoms with Gasteiger partial charge in [0.25, 0.3) is 0 Å². The average molecular weight is 269 g/mol. The summed E-state index contributed by atoms with van der Waals surface area (Å²) in [5.41, 5.74) is 1.63. The summed E-state index contributed by atoms with van der Waals surface area (Å²) < 4.78 is 39.6. The van der Waals surface area contributed by atoms with Crippen LogP contribution < -0.4 is 0 Å². The summed E-state index contributed by atoms with van der Waals surface area (Å²) >= 11 is 6.05. The number of halogens is 4. The first-order chi connectivity index (χ1) is 8.50. The second-order valence-corrected chi connectivity index (χ2v) is 4.67. The normalized spacial score (nSPS) is 17.4. The molecule has 1 aliphatic rings. The van der Waals surface area contributed by atoms with E-state index in [-0.39, 0.29) is 11.1 Å². The molecule has 92 valence electrons. The average Bonchev–Trinajstić information content (AvgIpc) is 2.63. The minimum atomic E-state index is -4.30. The van der Waals surface area contributed by atoms with Gasteiger partial charge in [0.2, 0.25) is 0 Å². The number of fused-ring (bicyclic) bond motifs is 3. The maximum Gasteiger partial charge on any atom is 0.399 e. The van der Waals surface area contributed by atoms with Crippen LogP contribution in [0.25, 0.3) is 11.1 Å². The van der Waals surface area contributed by atoms with Crippen LogP contribution in [0, 0.1) is 0 Å². The molecular weight excluding hydrogens is 261 g/mol. The first-order valence-corrected chi connectivity index (χ1v) is 5.82. The Bertz CT molecular complexity index is 617. The van der Waals surface area contributed by atoms with Crippen molar-refractivity contribution in [3.63, 3.8) is 0 Å². The lowest BCUT2D eigenvalue weighted by molar-refractivity contribution is -0.140. The van der Waals surface area contributed by atoms with Crippen LogP contribution in [-0.4, -0.2) is 6.18 Å². The molecule has 0 spiro atoms. The lowest BCUT2D eigenvalue weighted by Crippen LogP contribution is -2.19. The molecule has 0 saturated heterocycles. The zero-order valence-electron chi connectivity index (χ0n) is 9.13. The molecule has 1 aliphatic carbocycles. The molecule has 18 heavy (non-hydrogen) atoms. The van der Waals surface area contributed by atoms with Crippen molar-refractivity contribution in [2.45, 2.75) is 12.1 Å². The van der Waals surface area contributed by atoms with Gasteiger partial charge in [-0.1, -0.05) is 48.0 Å². The molecule has 3 rings (SSSR count). The third kappa shape index (κ3) is 1.54. The molecule has 0 nitrogen and oxygen atoms in total. The highest BCUT2D eigenvalue weighted by Crippen LogP contribution is 2.53. The van der Waals surface area contributed by atoms with Crippen LogP contribution in [0.5, 0.6) is 0 Å². The second-order valence-electron chi connectivity index (χ2n) is 4.27. The SMILES string of the molecule is FC(F)(F)[C@@H]1c2ccccc2-c2c(Cl)cccc21. The maximum absolute atomic E-state index is 13.2. The minimum Gasteiger partial charge on any atom is -0.170 e. The summed E-state index contributed by atoms with van der Waals surface area (Å²) in [6, 6.07) is 11.2. The van der Waals surface area contributed by atoms with Gasteiger partial charge in [-0.05, 0) is 22.8 Å². The first kappa shape index (κ1) is 11.6. The number of rotatable bonds is 0. The summed E-state index contributed by atoms with van der Waals surface area (Å²) in [7, 11) is 0. The molecule has 2 aromatic carbocycles. The predicted molar refractivity (Wildman–Crippen MR) is 64.8 cm³/mol. The molecule has 0 amide bonds. The van der Waals surface area contributed by atoms with E-state index in [4.69, 9.17) is 11.6 Å². The fourth-order valence-electron chi connectivity index (χ4n) is 2.56. The zero-order chi connectivity index (χ0) is 12.9. The largest absolute Gasteiger partial charge is 0.399 e. The van der Waals surface area contributed by atoms with Gasteiger partial charge in [-0.3, -0.25) is 0 Å². The van der Waals surface area contributed by atoms with Gasteiger partial charge in [0, 0.05) is 10.6 Å². The first-order valence-electron chi connectivity index (χ1n) is 5.44. The van der Waals surface area contributed by atoms with Crippen LogP contribution in [-0.2, 0) is 0 Å². The standard InChI is InChI=1S/C14H8ClF3/c15-11-7-3-6-10-12(11)8-4-1-2-5-9(8)13(10)14(16,17)18/h1-7,13H/t13-/m1/s1. The Hall–Kier alpha value is -1.48. The molecule has 0 bridgehead atoms. The molecule has 0 unspecified atom stereocenters. The highest BCUT2D eigenvalue weighted by atomic mass is 35.5. The van der Waals surface area contributed by atoms with Crippen LogP contribution in [0.1, 0.15) is 17.0 Å². The molecule has 4 heteroatoms. The predicted octanol–water partition coefficient (Wildman–Crippen LogP) is 5.01. The summed E-state index contributed by atoms with van der Waals surface area (Å²) in [4.78, 5) is 0. The maximum atomic E-state index is 13.2. The number of hydrogen-bond donors (Lipinski definition) is 0. The molecule has 2 aromatic rings. The van der Waals surface area contributed by atoms with Gasteiger partial charge >= 0.3 is 6.18 Å². The third-order valence-corrected chi connectivity index (χ3v) is 3.54. The van der Waals surface area contributed by atoms with Crippen molar-refractivity contribution in [1.29, 1.82) is 0 Å². The van der Waals surface area contributed by atoms with Crippen LogP contribution in [0.15, 0.2) is 42.5 Å². The fourth-order valence-corrected chi connectivity index (χ4v) is 2.85. The van der Waals surface area contributed by atoms with Crippen molar-refractivity contribution in [1.82, 2.24) is 0 Å². The van der Waals surface area contributed by atoms with E-state index < -0.39 is 12.1 Å². The Morgan fingerprint density at radius 1 is 0.889 bits per heavy atom. The highest BCUT2D eigenvalue weighted by molar-refractivity contribution is 6.33. The van der Waals surface area contributed by atoms with Crippen molar-refractivity contribution in [2.75, 3.05) is 0 Å². The Labute approximate surface area is 107 Å². The Balaban J connectivity index is 2.36. The topological polar surface area (TPSA) is 0 Å². The van der Waals surface area contributed by atoms with Gasteiger partial charge < -0.3 is 0 Å². The van der Waals surface area contributed by atoms with Gasteiger partial charge in [0.1, 0.15) is 5.92 Å². The number of hydrogen-bond acceptors (Lipinski definition) is 0. The molecule has 0 aromatic heterocycles. The van der Waals surface area contributed by atoms with E-state index in [9.17, 15) is 13.2 Å². The van der Waals surface area contributed by atoms with E-state index in [0.29, 0.717) is 16.1 Å².